The summed E-state index contributed by atoms with van der Waals surface area (Å²) in [4.78, 5) is 11.3. The fraction of sp³-hybridized carbons (Fsp3) is 0.850. The zero-order valence-corrected chi connectivity index (χ0v) is 24.0. The van der Waals surface area contributed by atoms with Crippen LogP contribution in [0.4, 0.5) is 4.70 Å². The van der Waals surface area contributed by atoms with Crippen LogP contribution in [0.2, 0.25) is 0 Å². The van der Waals surface area contributed by atoms with Gasteiger partial charge in [0.25, 0.3) is 0 Å². The zero-order valence-electron chi connectivity index (χ0n) is 22.4. The van der Waals surface area contributed by atoms with Crippen molar-refractivity contribution in [2.45, 2.75) is 74.6 Å². The molecule has 0 spiro atoms. The molecule has 3 aliphatic heterocycles. The van der Waals surface area contributed by atoms with Crippen LogP contribution in [0.3, 0.4) is 0 Å². The molecule has 0 radical (unpaired) electrons. The highest BCUT2D eigenvalue weighted by molar-refractivity contribution is 7.90. The van der Waals surface area contributed by atoms with E-state index in [0.717, 1.165) is 6.08 Å². The molecule has 258 valence electrons. The predicted molar refractivity (Wildman–Crippen MR) is 133 cm³/mol. The maximum Gasteiger partial charge on any atom is 0.371 e. The minimum absolute atomic E-state index is 0. The van der Waals surface area contributed by atoms with E-state index in [2.05, 4.69) is 18.7 Å². The Labute approximate surface area is 255 Å². The molecule has 0 aromatic heterocycles. The molecule has 0 saturated carbocycles. The Morgan fingerprint density at radius 2 is 1.45 bits per heavy atom. The summed E-state index contributed by atoms with van der Waals surface area (Å²) >= 11 is 0.229. The van der Waals surface area contributed by atoms with Crippen LogP contribution in [0.15, 0.2) is 11.8 Å². The number of carboxylic acid groups (broad SMARTS) is 1. The summed E-state index contributed by atoms with van der Waals surface area (Å²) in [6.07, 6.45) is -15.3. The third kappa shape index (κ3) is 9.96. The second-order valence-corrected chi connectivity index (χ2v) is 10.2. The van der Waals surface area contributed by atoms with Gasteiger partial charge in [-0.2, -0.15) is 0 Å². The van der Waals surface area contributed by atoms with Crippen molar-refractivity contribution in [2.75, 3.05) is 19.8 Å². The van der Waals surface area contributed by atoms with Gasteiger partial charge in [-0.3, -0.25) is 13.1 Å². The molecule has 5 unspecified atom stereocenters. The van der Waals surface area contributed by atoms with Crippen LogP contribution < -0.4 is 0 Å². The van der Waals surface area contributed by atoms with Gasteiger partial charge in [0.1, 0.15) is 30.5 Å². The van der Waals surface area contributed by atoms with Crippen LogP contribution in [0.1, 0.15) is 6.92 Å². The van der Waals surface area contributed by atoms with Gasteiger partial charge in [0.05, 0.1) is 32.0 Å². The topological polar surface area (TPSA) is 301 Å². The zero-order chi connectivity index (χ0) is 31.7. The smallest absolute Gasteiger partial charge is 0.371 e. The number of carbonyl (C=O) groups is 1. The summed E-state index contributed by atoms with van der Waals surface area (Å²) < 4.78 is 46.0. The molecule has 2 saturated heterocycles. The lowest BCUT2D eigenvalue weighted by Crippen LogP contribution is -2.60. The van der Waals surface area contributed by atoms with Crippen LogP contribution >= 0.6 is 24.6 Å². The lowest BCUT2D eigenvalue weighted by Gasteiger charge is -2.45. The van der Waals surface area contributed by atoms with Gasteiger partial charge in [-0.15, -0.1) is 8.67 Å². The van der Waals surface area contributed by atoms with Crippen LogP contribution in [0.5, 0.6) is 0 Å². The average molecular weight is 693 g/mol. The number of aliphatic hydroxyl groups excluding tert-OH is 6. The van der Waals surface area contributed by atoms with Crippen molar-refractivity contribution in [3.05, 3.63) is 11.8 Å². The van der Waals surface area contributed by atoms with Gasteiger partial charge in [0, 0.05) is 11.8 Å². The van der Waals surface area contributed by atoms with Gasteiger partial charge in [0.2, 0.25) is 12.0 Å². The molecule has 2 fully saturated rings. The molecule has 0 aromatic carbocycles. The van der Waals surface area contributed by atoms with Crippen molar-refractivity contribution in [3.8, 4) is 0 Å². The Balaban J connectivity index is 0.00000675. The van der Waals surface area contributed by atoms with Crippen LogP contribution in [0, 0.1) is 11.8 Å². The first-order chi connectivity index (χ1) is 20.5. The normalized spacial score (nSPS) is 39.2. The van der Waals surface area contributed by atoms with Gasteiger partial charge in [-0.05, 0) is 13.0 Å². The molecular formula is C20H33FO21S2. The minimum Gasteiger partial charge on any atom is -0.475 e. The molecule has 21 nitrogen and oxygen atoms in total. The van der Waals surface area contributed by atoms with Crippen molar-refractivity contribution in [1.82, 2.24) is 0 Å². The molecular weight excluding hydrogens is 659 g/mol. The van der Waals surface area contributed by atoms with E-state index in [1.807, 2.05) is 0 Å². The van der Waals surface area contributed by atoms with Gasteiger partial charge < -0.3 is 59.4 Å². The van der Waals surface area contributed by atoms with E-state index in [9.17, 15) is 35.4 Å². The molecule has 0 bridgehead atoms. The highest BCUT2D eigenvalue weighted by Crippen LogP contribution is 2.35. The van der Waals surface area contributed by atoms with Gasteiger partial charge in [-0.1, -0.05) is 10.1 Å². The molecule has 24 heteroatoms. The molecule has 3 heterocycles. The molecule has 0 aliphatic carbocycles. The Morgan fingerprint density at radius 3 is 2.05 bits per heavy atom. The van der Waals surface area contributed by atoms with Crippen LogP contribution in [-0.2, 0) is 55.6 Å². The van der Waals surface area contributed by atoms with E-state index >= 15 is 0 Å². The Kier molecular flexibility index (Phi) is 16.8. The first-order valence-electron chi connectivity index (χ1n) is 12.3. The number of aliphatic hydroxyl groups is 6. The van der Waals surface area contributed by atoms with E-state index in [4.69, 9.17) is 47.7 Å². The van der Waals surface area contributed by atoms with Gasteiger partial charge >= 0.3 is 5.97 Å². The number of halogens is 1. The fourth-order valence-corrected chi connectivity index (χ4v) is 5.28. The number of ether oxygens (including phenoxy) is 5. The van der Waals surface area contributed by atoms with Crippen LogP contribution in [0.25, 0.3) is 0 Å². The Hall–Kier alpha value is -1.08. The summed E-state index contributed by atoms with van der Waals surface area (Å²) in [5, 5.41) is 94.9. The van der Waals surface area contributed by atoms with Crippen molar-refractivity contribution in [3.63, 3.8) is 0 Å². The second-order valence-electron chi connectivity index (χ2n) is 9.28. The molecule has 0 amide bonds. The highest BCUT2D eigenvalue weighted by Gasteiger charge is 2.50. The Morgan fingerprint density at radius 1 is 0.864 bits per heavy atom. The maximum absolute atomic E-state index is 11.3. The highest BCUT2D eigenvalue weighted by atomic mass is 32.2. The molecule has 0 aromatic rings. The van der Waals surface area contributed by atoms with E-state index in [1.54, 1.807) is 0 Å². The predicted octanol–water partition coefficient (Wildman–Crippen LogP) is -2.63. The van der Waals surface area contributed by atoms with E-state index < -0.39 is 111 Å². The number of hydrogen-bond donors (Lipinski definition) is 9. The first kappa shape index (κ1) is 39.1. The lowest BCUT2D eigenvalue weighted by molar-refractivity contribution is -0.435. The SMILES string of the molecule is CC1O[C@@H](OC[C@H]2C(CO[C@@H]3OC(C(=O)O)=C[C@@H](O)C3O)[C@@H](O)OC(CO)[C@H]2O)C(OSOOO)[C@@H](O)[C@@H]1OSOOO.F. The number of rotatable bonds is 16. The standard InChI is InChI=1S/C20H32O21S2.FH/c1-6-15(36-42-40-38-29)14(25)16(37-43-41-39-30)20(33-6)32-4-7-8(18(28)34-11(3-21)12(7)23)5-31-19-13(24)9(22)2-10(35-19)17(26)27;/h2,6-9,11-16,18-25,28-30H,3-5H2,1H3,(H,26,27);1H/t6?,7-,8?,9+,11?,12-,13?,14-,15+,16?,18-,19+,20+;/m0./s1. The first-order valence-corrected chi connectivity index (χ1v) is 13.6. The van der Waals surface area contributed by atoms with E-state index in [-0.39, 0.29) is 29.4 Å². The summed E-state index contributed by atoms with van der Waals surface area (Å²) in [5.74, 6) is -4.51. The number of carboxylic acids is 1. The maximum atomic E-state index is 11.3. The van der Waals surface area contributed by atoms with Crippen molar-refractivity contribution >= 4 is 30.6 Å². The lowest BCUT2D eigenvalue weighted by atomic mass is 9.83. The summed E-state index contributed by atoms with van der Waals surface area (Å²) in [7, 11) is 0. The largest absolute Gasteiger partial charge is 0.475 e. The molecule has 3 rings (SSSR count). The monoisotopic (exact) mass is 692 g/mol. The number of hydrogen-bond acceptors (Lipinski definition) is 22. The fourth-order valence-electron chi connectivity index (χ4n) is 4.51. The summed E-state index contributed by atoms with van der Waals surface area (Å²) in [6, 6.07) is 0. The summed E-state index contributed by atoms with van der Waals surface area (Å²) in [6.45, 7) is -0.264. The molecule has 3 aliphatic rings. The molecule has 9 N–H and O–H groups in total. The third-order valence-electron chi connectivity index (χ3n) is 6.71. The van der Waals surface area contributed by atoms with Gasteiger partial charge in [-0.25, -0.2) is 15.3 Å². The van der Waals surface area contributed by atoms with Gasteiger partial charge in [0.15, 0.2) is 43.3 Å². The summed E-state index contributed by atoms with van der Waals surface area (Å²) in [5.41, 5.74) is 0. The van der Waals surface area contributed by atoms with Crippen molar-refractivity contribution < 1.29 is 107 Å². The molecule has 13 atom stereocenters. The number of aliphatic carboxylic acids is 1. The van der Waals surface area contributed by atoms with E-state index in [1.165, 1.54) is 6.92 Å². The van der Waals surface area contributed by atoms with Crippen molar-refractivity contribution in [2.24, 2.45) is 11.8 Å². The quantitative estimate of drug-likeness (QED) is 0.0346. The second kappa shape index (κ2) is 18.9. The third-order valence-corrected chi connectivity index (χ3v) is 7.55. The average Bonchev–Trinajstić information content (AvgIpc) is 2.97. The minimum atomic E-state index is -1.71. The van der Waals surface area contributed by atoms with E-state index in [0.29, 0.717) is 0 Å². The molecule has 44 heavy (non-hydrogen) atoms. The van der Waals surface area contributed by atoms with Crippen molar-refractivity contribution in [1.29, 1.82) is 0 Å². The van der Waals surface area contributed by atoms with Crippen LogP contribution in [-0.4, -0.2) is 140 Å². The Bertz CT molecular complexity index is 893.